The molecule has 0 unspecified atom stereocenters. The zero-order chi connectivity index (χ0) is 12.8. The van der Waals surface area contributed by atoms with E-state index in [1.165, 1.54) is 5.56 Å². The lowest BCUT2D eigenvalue weighted by Gasteiger charge is -2.25. The molecule has 0 saturated carbocycles. The fraction of sp³-hybridized carbons (Fsp3) is 0.467. The van der Waals surface area contributed by atoms with Gasteiger partial charge in [0.2, 0.25) is 0 Å². The Morgan fingerprint density at radius 1 is 1.29 bits per heavy atom. The third kappa shape index (κ3) is 4.64. The second-order valence-electron chi connectivity index (χ2n) is 4.81. The third-order valence-electron chi connectivity index (χ3n) is 3.08. The molecular weight excluding hydrogens is 276 g/mol. The van der Waals surface area contributed by atoms with Crippen LogP contribution in [0.15, 0.2) is 41.4 Å². The Hall–Kier alpha value is -0.600. The van der Waals surface area contributed by atoms with E-state index in [4.69, 9.17) is 0 Å². The molecule has 1 N–H and O–H groups in total. The number of hydrogen-bond acceptors (Lipinski definition) is 1. The maximum absolute atomic E-state index is 10.1. The summed E-state index contributed by atoms with van der Waals surface area (Å²) in [5, 5.41) is 10.1. The zero-order valence-electron chi connectivity index (χ0n) is 10.6. The van der Waals surface area contributed by atoms with Crippen molar-refractivity contribution in [3.05, 3.63) is 47.0 Å². The maximum Gasteiger partial charge on any atom is 0.0636 e. The van der Waals surface area contributed by atoms with Gasteiger partial charge in [0.05, 0.1) is 6.10 Å². The number of aliphatic hydroxyl groups is 1. The highest BCUT2D eigenvalue weighted by atomic mass is 79.9. The molecule has 1 nitrogen and oxygen atoms in total. The van der Waals surface area contributed by atoms with E-state index in [0.717, 1.165) is 17.3 Å². The minimum absolute atomic E-state index is 0.121. The summed E-state index contributed by atoms with van der Waals surface area (Å²) in [6, 6.07) is 10.4. The van der Waals surface area contributed by atoms with E-state index < -0.39 is 0 Å². The van der Waals surface area contributed by atoms with Crippen LogP contribution in [0.2, 0.25) is 0 Å². The van der Waals surface area contributed by atoms with Gasteiger partial charge in [-0.1, -0.05) is 66.7 Å². The van der Waals surface area contributed by atoms with Crippen molar-refractivity contribution in [2.45, 2.75) is 32.8 Å². The zero-order valence-corrected chi connectivity index (χ0v) is 12.2. The van der Waals surface area contributed by atoms with E-state index in [-0.39, 0.29) is 17.9 Å². The van der Waals surface area contributed by atoms with E-state index in [1.54, 1.807) is 0 Å². The molecule has 0 aromatic heterocycles. The number of hydrogen-bond donors (Lipinski definition) is 1. The lowest BCUT2D eigenvalue weighted by Crippen LogP contribution is -2.26. The largest absolute Gasteiger partial charge is 0.392 e. The van der Waals surface area contributed by atoms with E-state index in [1.807, 2.05) is 32.0 Å². The number of halogens is 1. The molecule has 0 heterocycles. The normalized spacial score (nSPS) is 14.6. The summed E-state index contributed by atoms with van der Waals surface area (Å²) in [4.78, 5) is 0. The van der Waals surface area contributed by atoms with Crippen LogP contribution in [0.25, 0.3) is 0 Å². The fourth-order valence-electron chi connectivity index (χ4n) is 1.94. The van der Waals surface area contributed by atoms with Crippen LogP contribution in [0.1, 0.15) is 25.8 Å². The molecule has 94 valence electrons. The average Bonchev–Trinajstić information content (AvgIpc) is 2.29. The molecule has 0 saturated heterocycles. The van der Waals surface area contributed by atoms with Crippen LogP contribution in [-0.4, -0.2) is 11.2 Å². The Morgan fingerprint density at radius 3 is 2.35 bits per heavy atom. The number of rotatable bonds is 6. The summed E-state index contributed by atoms with van der Waals surface area (Å²) in [6.07, 6.45) is 1.57. The lowest BCUT2D eigenvalue weighted by molar-refractivity contribution is 0.0797. The standard InChI is InChI=1S/C15H21BrO/c1-11(2)15(17)14(12(3)16)10-9-13-7-5-4-6-8-13/h4-8,11,14-15,17H,3,9-10H2,1-2H3/t14-,15-/m1/s1. The van der Waals surface area contributed by atoms with Crippen LogP contribution in [0.3, 0.4) is 0 Å². The summed E-state index contributed by atoms with van der Waals surface area (Å²) in [6.45, 7) is 8.00. The summed E-state index contributed by atoms with van der Waals surface area (Å²) in [7, 11) is 0. The van der Waals surface area contributed by atoms with Crippen molar-refractivity contribution < 1.29 is 5.11 Å². The summed E-state index contributed by atoms with van der Waals surface area (Å²) in [5.41, 5.74) is 1.31. The second kappa shape index (κ2) is 6.97. The molecule has 0 aliphatic heterocycles. The number of aliphatic hydroxyl groups excluding tert-OH is 1. The Labute approximate surface area is 113 Å². The van der Waals surface area contributed by atoms with Crippen molar-refractivity contribution in [1.29, 1.82) is 0 Å². The first-order valence-electron chi connectivity index (χ1n) is 6.08. The molecular formula is C15H21BrO. The van der Waals surface area contributed by atoms with Crippen LogP contribution in [0.5, 0.6) is 0 Å². The lowest BCUT2D eigenvalue weighted by atomic mass is 9.88. The van der Waals surface area contributed by atoms with E-state index in [2.05, 4.69) is 34.6 Å². The summed E-state index contributed by atoms with van der Waals surface area (Å²) >= 11 is 3.43. The summed E-state index contributed by atoms with van der Waals surface area (Å²) < 4.78 is 0.898. The smallest absolute Gasteiger partial charge is 0.0636 e. The molecule has 0 fully saturated rings. The molecule has 1 rings (SSSR count). The number of benzene rings is 1. The van der Waals surface area contributed by atoms with Crippen molar-refractivity contribution in [3.63, 3.8) is 0 Å². The van der Waals surface area contributed by atoms with Crippen LogP contribution < -0.4 is 0 Å². The topological polar surface area (TPSA) is 20.2 Å². The first kappa shape index (κ1) is 14.5. The molecule has 0 spiro atoms. The van der Waals surface area contributed by atoms with Crippen molar-refractivity contribution in [1.82, 2.24) is 0 Å². The Kier molecular flexibility index (Phi) is 5.93. The van der Waals surface area contributed by atoms with Crippen molar-refractivity contribution in [2.24, 2.45) is 11.8 Å². The molecule has 2 atom stereocenters. The van der Waals surface area contributed by atoms with Crippen LogP contribution in [0.4, 0.5) is 0 Å². The molecule has 2 heteroatoms. The first-order valence-corrected chi connectivity index (χ1v) is 6.88. The Morgan fingerprint density at radius 2 is 1.88 bits per heavy atom. The third-order valence-corrected chi connectivity index (χ3v) is 3.67. The van der Waals surface area contributed by atoms with Crippen LogP contribution >= 0.6 is 15.9 Å². The van der Waals surface area contributed by atoms with Gasteiger partial charge < -0.3 is 5.11 Å². The highest BCUT2D eigenvalue weighted by Gasteiger charge is 2.23. The minimum Gasteiger partial charge on any atom is -0.392 e. The molecule has 17 heavy (non-hydrogen) atoms. The van der Waals surface area contributed by atoms with Gasteiger partial charge in [0.25, 0.3) is 0 Å². The van der Waals surface area contributed by atoms with E-state index in [9.17, 15) is 5.11 Å². The quantitative estimate of drug-likeness (QED) is 0.836. The highest BCUT2D eigenvalue weighted by Crippen LogP contribution is 2.28. The van der Waals surface area contributed by atoms with Gasteiger partial charge >= 0.3 is 0 Å². The van der Waals surface area contributed by atoms with Gasteiger partial charge in [-0.3, -0.25) is 0 Å². The molecule has 0 amide bonds. The predicted octanol–water partition coefficient (Wildman–Crippen LogP) is 4.16. The summed E-state index contributed by atoms with van der Waals surface area (Å²) in [5.74, 6) is 0.375. The Balaban J connectivity index is 2.60. The minimum atomic E-state index is -0.328. The molecule has 0 aliphatic carbocycles. The monoisotopic (exact) mass is 296 g/mol. The van der Waals surface area contributed by atoms with Gasteiger partial charge in [-0.15, -0.1) is 0 Å². The van der Waals surface area contributed by atoms with Gasteiger partial charge in [0.1, 0.15) is 0 Å². The Bertz CT molecular complexity index is 345. The van der Waals surface area contributed by atoms with Crippen molar-refractivity contribution in [3.8, 4) is 0 Å². The van der Waals surface area contributed by atoms with Crippen LogP contribution in [-0.2, 0) is 6.42 Å². The highest BCUT2D eigenvalue weighted by molar-refractivity contribution is 9.11. The first-order chi connectivity index (χ1) is 8.02. The molecule has 0 radical (unpaired) electrons. The maximum atomic E-state index is 10.1. The van der Waals surface area contributed by atoms with Gasteiger partial charge in [0.15, 0.2) is 0 Å². The fourth-order valence-corrected chi connectivity index (χ4v) is 2.44. The number of aryl methyl sites for hydroxylation is 1. The van der Waals surface area contributed by atoms with Gasteiger partial charge in [-0.05, 0) is 28.8 Å². The van der Waals surface area contributed by atoms with Crippen molar-refractivity contribution >= 4 is 15.9 Å². The molecule has 0 bridgehead atoms. The van der Waals surface area contributed by atoms with Crippen molar-refractivity contribution in [2.75, 3.05) is 0 Å². The van der Waals surface area contributed by atoms with E-state index >= 15 is 0 Å². The van der Waals surface area contributed by atoms with Gasteiger partial charge in [-0.25, -0.2) is 0 Å². The SMILES string of the molecule is C=C(Br)[C@@H](CCc1ccccc1)[C@H](O)C(C)C. The predicted molar refractivity (Wildman–Crippen MR) is 77.2 cm³/mol. The second-order valence-corrected chi connectivity index (χ2v) is 5.83. The molecule has 1 aromatic carbocycles. The molecule has 0 aliphatic rings. The van der Waals surface area contributed by atoms with E-state index in [0.29, 0.717) is 0 Å². The molecule has 1 aromatic rings. The van der Waals surface area contributed by atoms with Gasteiger partial charge in [-0.2, -0.15) is 0 Å². The van der Waals surface area contributed by atoms with Crippen LogP contribution in [0, 0.1) is 11.8 Å². The van der Waals surface area contributed by atoms with Gasteiger partial charge in [0, 0.05) is 5.92 Å². The average molecular weight is 297 g/mol.